The molecule has 0 radical (unpaired) electrons. The first kappa shape index (κ1) is 16.7. The molecule has 1 N–H and O–H groups in total. The van der Waals surface area contributed by atoms with Gasteiger partial charge < -0.3 is 10.2 Å². The van der Waals surface area contributed by atoms with Crippen LogP contribution in [-0.4, -0.2) is 57.3 Å². The van der Waals surface area contributed by atoms with Crippen LogP contribution in [0.5, 0.6) is 0 Å². The minimum Gasteiger partial charge on any atom is -0.358 e. The van der Waals surface area contributed by atoms with E-state index in [-0.39, 0.29) is 17.3 Å². The highest BCUT2D eigenvalue weighted by Gasteiger charge is 2.26. The van der Waals surface area contributed by atoms with Crippen molar-refractivity contribution in [3.63, 3.8) is 0 Å². The van der Waals surface area contributed by atoms with Gasteiger partial charge in [-0.25, -0.2) is 13.4 Å². The number of sulfonamides is 1. The summed E-state index contributed by atoms with van der Waals surface area (Å²) in [5.41, 5.74) is 0. The summed E-state index contributed by atoms with van der Waals surface area (Å²) in [6, 6.07) is 3.17. The molecule has 1 fully saturated rings. The maximum absolute atomic E-state index is 12.5. The molecule has 0 saturated carbocycles. The molecule has 8 heteroatoms. The molecule has 2 rings (SSSR count). The third kappa shape index (κ3) is 3.75. The van der Waals surface area contributed by atoms with E-state index in [2.05, 4.69) is 10.3 Å². The molecule has 1 amide bonds. The second-order valence-corrected chi connectivity index (χ2v) is 7.28. The van der Waals surface area contributed by atoms with Gasteiger partial charge >= 0.3 is 0 Å². The molecule has 0 aromatic carbocycles. The molecule has 1 aromatic heterocycles. The van der Waals surface area contributed by atoms with Crippen molar-refractivity contribution in [3.05, 3.63) is 18.3 Å². The summed E-state index contributed by atoms with van der Waals surface area (Å²) >= 11 is 0. The number of pyridine rings is 1. The Kier molecular flexibility index (Phi) is 5.36. The van der Waals surface area contributed by atoms with Crippen LogP contribution >= 0.6 is 0 Å². The largest absolute Gasteiger partial charge is 0.358 e. The second kappa shape index (κ2) is 7.06. The minimum atomic E-state index is -3.46. The van der Waals surface area contributed by atoms with Gasteiger partial charge in [-0.1, -0.05) is 6.42 Å². The molecule has 122 valence electrons. The van der Waals surface area contributed by atoms with Gasteiger partial charge in [0.05, 0.1) is 6.54 Å². The lowest BCUT2D eigenvalue weighted by atomic mass is 10.2. The maximum atomic E-state index is 12.5. The topological polar surface area (TPSA) is 82.6 Å². The number of rotatable bonds is 5. The van der Waals surface area contributed by atoms with E-state index in [1.165, 1.54) is 10.5 Å². The van der Waals surface area contributed by atoms with E-state index in [0.717, 1.165) is 19.3 Å². The van der Waals surface area contributed by atoms with E-state index in [4.69, 9.17) is 0 Å². The van der Waals surface area contributed by atoms with Crippen LogP contribution in [-0.2, 0) is 14.8 Å². The van der Waals surface area contributed by atoms with Crippen molar-refractivity contribution >= 4 is 21.7 Å². The van der Waals surface area contributed by atoms with Gasteiger partial charge in [-0.05, 0) is 25.0 Å². The van der Waals surface area contributed by atoms with Crippen LogP contribution in [0.2, 0.25) is 0 Å². The third-order valence-corrected chi connectivity index (χ3v) is 5.61. The second-order valence-electron chi connectivity index (χ2n) is 5.35. The summed E-state index contributed by atoms with van der Waals surface area (Å²) < 4.78 is 26.5. The van der Waals surface area contributed by atoms with Gasteiger partial charge in [-0.15, -0.1) is 0 Å². The number of nitrogens with zero attached hydrogens (tertiary/aromatic N) is 3. The summed E-state index contributed by atoms with van der Waals surface area (Å²) in [7, 11) is -0.159. The predicted octanol–water partition coefficient (Wildman–Crippen LogP) is 0.438. The number of hydrogen-bond donors (Lipinski definition) is 1. The average Bonchev–Trinajstić information content (AvgIpc) is 2.55. The standard InChI is InChI=1S/C14H22N4O3S/c1-15-14(19)11-17(2)13-7-6-12(10-16-13)22(20,21)18-8-4-3-5-9-18/h6-7,10H,3-5,8-9,11H2,1-2H3,(H,15,19). The highest BCUT2D eigenvalue weighted by Crippen LogP contribution is 2.21. The Bertz CT molecular complexity index is 609. The zero-order chi connectivity index (χ0) is 16.2. The molecule has 0 unspecified atom stereocenters. The van der Waals surface area contributed by atoms with Crippen LogP contribution in [0.15, 0.2) is 23.2 Å². The first-order valence-electron chi connectivity index (χ1n) is 7.33. The number of carbonyl (C=O) groups is 1. The lowest BCUT2D eigenvalue weighted by molar-refractivity contribution is -0.119. The molecule has 2 heterocycles. The summed E-state index contributed by atoms with van der Waals surface area (Å²) in [4.78, 5) is 17.4. The zero-order valence-corrected chi connectivity index (χ0v) is 13.8. The first-order valence-corrected chi connectivity index (χ1v) is 8.77. The Morgan fingerprint density at radius 3 is 2.55 bits per heavy atom. The van der Waals surface area contributed by atoms with Crippen molar-refractivity contribution in [2.24, 2.45) is 0 Å². The van der Waals surface area contributed by atoms with Crippen LogP contribution in [0.4, 0.5) is 5.82 Å². The van der Waals surface area contributed by atoms with Crippen molar-refractivity contribution in [1.82, 2.24) is 14.6 Å². The molecule has 0 bridgehead atoms. The Balaban J connectivity index is 2.12. The van der Waals surface area contributed by atoms with E-state index in [1.54, 1.807) is 31.1 Å². The molecule has 0 spiro atoms. The molecule has 0 aliphatic carbocycles. The van der Waals surface area contributed by atoms with Crippen LogP contribution in [0, 0.1) is 0 Å². The van der Waals surface area contributed by atoms with Gasteiger partial charge in [0.25, 0.3) is 0 Å². The predicted molar refractivity (Wildman–Crippen MR) is 84.2 cm³/mol. The van der Waals surface area contributed by atoms with Gasteiger partial charge in [0, 0.05) is 33.4 Å². The number of likely N-dealkylation sites (N-methyl/N-ethyl adjacent to an activating group) is 2. The quantitative estimate of drug-likeness (QED) is 0.849. The summed E-state index contributed by atoms with van der Waals surface area (Å²) in [5, 5.41) is 2.53. The van der Waals surface area contributed by atoms with Gasteiger partial charge in [0.2, 0.25) is 15.9 Å². The lowest BCUT2D eigenvalue weighted by Gasteiger charge is -2.26. The smallest absolute Gasteiger partial charge is 0.244 e. The molecule has 1 saturated heterocycles. The SMILES string of the molecule is CNC(=O)CN(C)c1ccc(S(=O)(=O)N2CCCCC2)cn1. The molecule has 22 heavy (non-hydrogen) atoms. The van der Waals surface area contributed by atoms with Crippen molar-refractivity contribution < 1.29 is 13.2 Å². The Morgan fingerprint density at radius 2 is 2.00 bits per heavy atom. The average molecular weight is 326 g/mol. The number of amides is 1. The summed E-state index contributed by atoms with van der Waals surface area (Å²) in [6.07, 6.45) is 4.24. The lowest BCUT2D eigenvalue weighted by Crippen LogP contribution is -2.36. The number of carbonyl (C=O) groups excluding carboxylic acids is 1. The molecule has 1 aromatic rings. The number of piperidine rings is 1. The normalized spacial score (nSPS) is 16.3. The van der Waals surface area contributed by atoms with E-state index in [0.29, 0.717) is 18.9 Å². The van der Waals surface area contributed by atoms with Crippen molar-refractivity contribution in [2.45, 2.75) is 24.2 Å². The fourth-order valence-corrected chi connectivity index (χ4v) is 3.84. The molecule has 0 atom stereocenters. The Labute approximate surface area is 131 Å². The molecule has 1 aliphatic rings. The molecule has 7 nitrogen and oxygen atoms in total. The van der Waals surface area contributed by atoms with Gasteiger partial charge in [0.15, 0.2) is 0 Å². The first-order chi connectivity index (χ1) is 10.4. The number of aromatic nitrogens is 1. The number of nitrogens with one attached hydrogen (secondary N) is 1. The number of anilines is 1. The van der Waals surface area contributed by atoms with Crippen LogP contribution in [0.1, 0.15) is 19.3 Å². The van der Waals surface area contributed by atoms with Crippen LogP contribution in [0.25, 0.3) is 0 Å². The van der Waals surface area contributed by atoms with Gasteiger partial charge in [-0.3, -0.25) is 4.79 Å². The van der Waals surface area contributed by atoms with E-state index < -0.39 is 10.0 Å². The van der Waals surface area contributed by atoms with Crippen molar-refractivity contribution in [2.75, 3.05) is 38.6 Å². The highest BCUT2D eigenvalue weighted by atomic mass is 32.2. The number of hydrogen-bond acceptors (Lipinski definition) is 5. The zero-order valence-electron chi connectivity index (χ0n) is 12.9. The molecular weight excluding hydrogens is 304 g/mol. The molecule has 1 aliphatic heterocycles. The van der Waals surface area contributed by atoms with Crippen molar-refractivity contribution in [3.8, 4) is 0 Å². The van der Waals surface area contributed by atoms with Crippen LogP contribution in [0.3, 0.4) is 0 Å². The fraction of sp³-hybridized carbons (Fsp3) is 0.571. The van der Waals surface area contributed by atoms with Gasteiger partial charge in [0.1, 0.15) is 10.7 Å². The van der Waals surface area contributed by atoms with Gasteiger partial charge in [-0.2, -0.15) is 4.31 Å². The maximum Gasteiger partial charge on any atom is 0.244 e. The Morgan fingerprint density at radius 1 is 1.32 bits per heavy atom. The minimum absolute atomic E-state index is 0.130. The van der Waals surface area contributed by atoms with E-state index in [9.17, 15) is 13.2 Å². The third-order valence-electron chi connectivity index (χ3n) is 3.72. The fourth-order valence-electron chi connectivity index (χ4n) is 2.38. The van der Waals surface area contributed by atoms with E-state index in [1.807, 2.05) is 0 Å². The van der Waals surface area contributed by atoms with Crippen molar-refractivity contribution in [1.29, 1.82) is 0 Å². The Hall–Kier alpha value is -1.67. The summed E-state index contributed by atoms with van der Waals surface area (Å²) in [5.74, 6) is 0.426. The van der Waals surface area contributed by atoms with E-state index >= 15 is 0 Å². The monoisotopic (exact) mass is 326 g/mol. The van der Waals surface area contributed by atoms with Crippen LogP contribution < -0.4 is 10.2 Å². The molecular formula is C14H22N4O3S. The highest BCUT2D eigenvalue weighted by molar-refractivity contribution is 7.89. The summed E-state index contributed by atoms with van der Waals surface area (Å²) in [6.45, 7) is 1.31.